The van der Waals surface area contributed by atoms with E-state index in [9.17, 15) is 26.8 Å². The fourth-order valence-electron chi connectivity index (χ4n) is 5.45. The van der Waals surface area contributed by atoms with Crippen LogP contribution in [0, 0.1) is 11.6 Å². The number of hydrogen-bond acceptors (Lipinski definition) is 8. The molecule has 0 radical (unpaired) electrons. The predicted octanol–water partition coefficient (Wildman–Crippen LogP) is 2.46. The van der Waals surface area contributed by atoms with Gasteiger partial charge in [-0.05, 0) is 44.3 Å². The van der Waals surface area contributed by atoms with Crippen LogP contribution in [-0.2, 0) is 26.8 Å². The Morgan fingerprint density at radius 3 is 2.34 bits per heavy atom. The number of hydrogen-bond donors (Lipinski definition) is 4. The number of anilines is 3. The number of piperazine rings is 1. The van der Waals surface area contributed by atoms with Crippen LogP contribution in [0.3, 0.4) is 0 Å². The minimum absolute atomic E-state index is 0.00273. The van der Waals surface area contributed by atoms with Crippen LogP contribution in [0.2, 0.25) is 0 Å². The van der Waals surface area contributed by atoms with Crippen LogP contribution in [0.5, 0.6) is 0 Å². The summed E-state index contributed by atoms with van der Waals surface area (Å²) in [4.78, 5) is 30.1. The summed E-state index contributed by atoms with van der Waals surface area (Å²) in [6.45, 7) is 8.20. The van der Waals surface area contributed by atoms with Crippen molar-refractivity contribution in [1.29, 1.82) is 0 Å². The van der Waals surface area contributed by atoms with Crippen LogP contribution in [-0.4, -0.2) is 85.4 Å². The Morgan fingerprint density at radius 2 is 1.70 bits per heavy atom. The monoisotopic (exact) mass is 630 g/mol. The number of fused-ring (bicyclic) bond motifs is 1. The van der Waals surface area contributed by atoms with E-state index < -0.39 is 49.8 Å². The number of nitrogens with two attached hydrogens (primary N) is 1. The fraction of sp³-hybridized carbons (Fsp3) is 0.414. The second-order valence-electron chi connectivity index (χ2n) is 11.9. The van der Waals surface area contributed by atoms with E-state index in [0.717, 1.165) is 48.3 Å². The Labute approximate surface area is 254 Å². The maximum absolute atomic E-state index is 13.9. The maximum Gasteiger partial charge on any atom is 0.258 e. The molecule has 0 saturated carbocycles. The molecule has 44 heavy (non-hydrogen) atoms. The van der Waals surface area contributed by atoms with Crippen LogP contribution >= 0.6 is 0 Å². The molecule has 15 heteroatoms. The molecule has 0 aliphatic carbocycles. The highest BCUT2D eigenvalue weighted by atomic mass is 32.2. The topological polar surface area (TPSA) is 157 Å². The molecule has 1 aromatic heterocycles. The smallest absolute Gasteiger partial charge is 0.258 e. The molecule has 12 nitrogen and oxygen atoms in total. The van der Waals surface area contributed by atoms with Crippen molar-refractivity contribution >= 4 is 39.0 Å². The molecule has 0 unspecified atom stereocenters. The Hall–Kier alpha value is -3.92. The quantitative estimate of drug-likeness (QED) is 0.310. The van der Waals surface area contributed by atoms with Crippen molar-refractivity contribution in [2.45, 2.75) is 43.7 Å². The number of nitrogens with one attached hydrogen (secondary N) is 3. The lowest BCUT2D eigenvalue weighted by Gasteiger charge is -2.36. The van der Waals surface area contributed by atoms with Gasteiger partial charge >= 0.3 is 0 Å². The molecule has 0 spiro atoms. The number of aromatic nitrogens is 2. The van der Waals surface area contributed by atoms with Crippen molar-refractivity contribution < 1.29 is 26.8 Å². The van der Waals surface area contributed by atoms with Crippen molar-refractivity contribution in [2.75, 3.05) is 55.3 Å². The van der Waals surface area contributed by atoms with E-state index in [2.05, 4.69) is 30.6 Å². The molecule has 1 atom stereocenters. The number of H-pyrrole nitrogens is 1. The molecule has 236 valence electrons. The first-order valence-corrected chi connectivity index (χ1v) is 15.6. The number of sulfonamides is 1. The zero-order chi connectivity index (χ0) is 32.0. The summed E-state index contributed by atoms with van der Waals surface area (Å²) in [7, 11) is -2.27. The van der Waals surface area contributed by atoms with Gasteiger partial charge in [0.05, 0.1) is 22.2 Å². The van der Waals surface area contributed by atoms with Gasteiger partial charge in [0.1, 0.15) is 11.6 Å². The summed E-state index contributed by atoms with van der Waals surface area (Å²) in [5.74, 6) is -2.99. The lowest BCUT2D eigenvalue weighted by molar-refractivity contribution is -0.117. The number of amides is 2. The van der Waals surface area contributed by atoms with Crippen molar-refractivity contribution in [1.82, 2.24) is 19.4 Å². The van der Waals surface area contributed by atoms with E-state index >= 15 is 0 Å². The summed E-state index contributed by atoms with van der Waals surface area (Å²) >= 11 is 0. The number of likely N-dealkylation sites (N-methyl/N-ethyl adjacent to an activating group) is 1. The van der Waals surface area contributed by atoms with E-state index in [0.29, 0.717) is 17.3 Å². The summed E-state index contributed by atoms with van der Waals surface area (Å²) in [5, 5.41) is 12.7. The van der Waals surface area contributed by atoms with Gasteiger partial charge in [-0.2, -0.15) is 9.40 Å². The molecule has 2 amide bonds. The van der Waals surface area contributed by atoms with Crippen LogP contribution < -0.4 is 21.3 Å². The summed E-state index contributed by atoms with van der Waals surface area (Å²) < 4.78 is 55.9. The predicted molar refractivity (Wildman–Crippen MR) is 162 cm³/mol. The average molecular weight is 631 g/mol. The third kappa shape index (κ3) is 6.31. The Kier molecular flexibility index (Phi) is 8.50. The molecule has 2 aliphatic rings. The Morgan fingerprint density at radius 1 is 1.05 bits per heavy atom. The zero-order valence-corrected chi connectivity index (χ0v) is 25.8. The van der Waals surface area contributed by atoms with Crippen molar-refractivity contribution in [3.63, 3.8) is 0 Å². The van der Waals surface area contributed by atoms with Gasteiger partial charge < -0.3 is 26.2 Å². The number of rotatable bonds is 7. The molecule has 3 aromatic rings. The maximum atomic E-state index is 13.9. The highest BCUT2D eigenvalue weighted by molar-refractivity contribution is 7.89. The molecule has 1 fully saturated rings. The highest BCUT2D eigenvalue weighted by Gasteiger charge is 2.41. The first kappa shape index (κ1) is 31.5. The highest BCUT2D eigenvalue weighted by Crippen LogP contribution is 2.38. The minimum atomic E-state index is -4.31. The van der Waals surface area contributed by atoms with Gasteiger partial charge in [0.15, 0.2) is 5.82 Å². The molecule has 5 rings (SSSR count). The second-order valence-corrected chi connectivity index (χ2v) is 13.9. The fourth-order valence-corrected chi connectivity index (χ4v) is 7.06. The van der Waals surface area contributed by atoms with E-state index in [1.54, 1.807) is 32.0 Å². The third-order valence-corrected chi connectivity index (χ3v) is 9.71. The van der Waals surface area contributed by atoms with E-state index in [1.165, 1.54) is 6.92 Å². The van der Waals surface area contributed by atoms with Gasteiger partial charge in [-0.15, -0.1) is 0 Å². The minimum Gasteiger partial charge on any atom is -0.369 e. The molecule has 5 N–H and O–H groups in total. The zero-order valence-electron chi connectivity index (χ0n) is 24.9. The van der Waals surface area contributed by atoms with Crippen molar-refractivity contribution in [3.05, 3.63) is 64.9 Å². The van der Waals surface area contributed by atoms with Crippen LogP contribution in [0.4, 0.5) is 26.0 Å². The Bertz CT molecular complexity index is 1680. The molecule has 0 bridgehead atoms. The summed E-state index contributed by atoms with van der Waals surface area (Å²) in [5.41, 5.74) is 7.28. The number of carbonyl (C=O) groups excluding carboxylic acids is 2. The number of nitrogens with zero attached hydrogens (tertiary/aromatic N) is 4. The number of benzene rings is 2. The molecule has 2 aromatic carbocycles. The molecule has 3 heterocycles. The first-order valence-electron chi connectivity index (χ1n) is 14.1. The SMILES string of the molecule is C[C@H](N)C(=O)Nc1cc(N2CCN(C)CC2)ccc1C(=O)Nc1n[nH]c2c1CN(S(=O)(=O)c1cc(F)cc(F)c1)CC2(C)C. The van der Waals surface area contributed by atoms with E-state index in [-0.39, 0.29) is 30.2 Å². The van der Waals surface area contributed by atoms with Gasteiger partial charge in [-0.3, -0.25) is 14.7 Å². The van der Waals surface area contributed by atoms with Gasteiger partial charge in [0, 0.05) is 67.7 Å². The lowest BCUT2D eigenvalue weighted by atomic mass is 9.84. The molecule has 2 aliphatic heterocycles. The van der Waals surface area contributed by atoms with E-state index in [4.69, 9.17) is 5.73 Å². The van der Waals surface area contributed by atoms with Gasteiger partial charge in [-0.25, -0.2) is 17.2 Å². The van der Waals surface area contributed by atoms with Crippen molar-refractivity contribution in [3.8, 4) is 0 Å². The summed E-state index contributed by atoms with van der Waals surface area (Å²) in [6, 6.07) is 6.46. The first-order chi connectivity index (χ1) is 20.7. The molecule has 1 saturated heterocycles. The van der Waals surface area contributed by atoms with Crippen LogP contribution in [0.15, 0.2) is 41.3 Å². The number of carbonyl (C=O) groups is 2. The van der Waals surface area contributed by atoms with Gasteiger partial charge in [-0.1, -0.05) is 13.8 Å². The number of halogens is 2. The normalized spacial score (nSPS) is 18.0. The van der Waals surface area contributed by atoms with Gasteiger partial charge in [0.25, 0.3) is 5.91 Å². The lowest BCUT2D eigenvalue weighted by Crippen LogP contribution is -2.45. The molecular formula is C29H36F2N8O4S. The second kappa shape index (κ2) is 11.9. The van der Waals surface area contributed by atoms with E-state index in [1.807, 2.05) is 7.05 Å². The van der Waals surface area contributed by atoms with Crippen molar-refractivity contribution in [2.24, 2.45) is 5.73 Å². The van der Waals surface area contributed by atoms with Crippen LogP contribution in [0.25, 0.3) is 0 Å². The largest absolute Gasteiger partial charge is 0.369 e. The summed E-state index contributed by atoms with van der Waals surface area (Å²) in [6.07, 6.45) is 0. The average Bonchev–Trinajstić information content (AvgIpc) is 3.36. The van der Waals surface area contributed by atoms with Gasteiger partial charge in [0.2, 0.25) is 15.9 Å². The number of aromatic amines is 1. The standard InChI is InChI=1S/C29H36F2N8O4S/c1-17(32)27(40)33-24-14-20(38-9-7-37(4)8-10-38)5-6-22(24)28(41)34-26-23-15-39(16-29(2,3)25(23)35-36-26)44(42,43)21-12-18(30)11-19(31)13-21/h5-6,11-14,17H,7-10,15-16,32H2,1-4H3,(H,33,40)(H2,34,35,36,41)/t17-/m0/s1. The third-order valence-electron chi connectivity index (χ3n) is 7.94. The molecular weight excluding hydrogens is 594 g/mol. The Balaban J connectivity index is 1.45. The van der Waals surface area contributed by atoms with Crippen LogP contribution in [0.1, 0.15) is 42.4 Å².